The Morgan fingerprint density at radius 3 is 2.63 bits per heavy atom. The summed E-state index contributed by atoms with van der Waals surface area (Å²) in [5.74, 6) is 0.553. The minimum atomic E-state index is 0.316. The Bertz CT molecular complexity index is 311. The molecule has 0 bridgehead atoms. The van der Waals surface area contributed by atoms with E-state index in [-0.39, 0.29) is 0 Å². The first-order valence-electron chi connectivity index (χ1n) is 7.56. The Morgan fingerprint density at radius 1 is 1.32 bits per heavy atom. The largest absolute Gasteiger partial charge is 0.377 e. The van der Waals surface area contributed by atoms with Gasteiger partial charge in [0.05, 0.1) is 6.10 Å². The molecule has 3 heteroatoms. The van der Waals surface area contributed by atoms with Crippen molar-refractivity contribution in [2.45, 2.75) is 59.1 Å². The highest BCUT2D eigenvalue weighted by Gasteiger charge is 2.24. The number of aryl methyl sites for hydroxylation is 1. The molecule has 1 aromatic heterocycles. The molecule has 0 saturated carbocycles. The molecule has 0 fully saturated rings. The summed E-state index contributed by atoms with van der Waals surface area (Å²) in [4.78, 5) is 1.47. The summed E-state index contributed by atoms with van der Waals surface area (Å²) in [6.45, 7) is 10.7. The SMILES string of the molecule is CCCNC(CCc1cccs1)C(OCC)C(C)C. The molecule has 19 heavy (non-hydrogen) atoms. The Morgan fingerprint density at radius 2 is 2.11 bits per heavy atom. The van der Waals surface area contributed by atoms with Crippen LogP contribution in [0.5, 0.6) is 0 Å². The molecular formula is C16H29NOS. The van der Waals surface area contributed by atoms with E-state index < -0.39 is 0 Å². The number of hydrogen-bond donors (Lipinski definition) is 1. The van der Waals surface area contributed by atoms with Crippen LogP contribution in [0, 0.1) is 5.92 Å². The fraction of sp³-hybridized carbons (Fsp3) is 0.750. The standard InChI is InChI=1S/C16H29NOS/c1-5-11-17-15(16(13(3)4)18-6-2)10-9-14-8-7-12-19-14/h7-8,12-13,15-17H,5-6,9-11H2,1-4H3. The van der Waals surface area contributed by atoms with Crippen LogP contribution in [-0.2, 0) is 11.2 Å². The lowest BCUT2D eigenvalue weighted by molar-refractivity contribution is 0.00164. The highest BCUT2D eigenvalue weighted by molar-refractivity contribution is 7.09. The van der Waals surface area contributed by atoms with Gasteiger partial charge in [-0.25, -0.2) is 0 Å². The summed E-state index contributed by atoms with van der Waals surface area (Å²) < 4.78 is 5.97. The van der Waals surface area contributed by atoms with Crippen molar-refractivity contribution < 1.29 is 4.74 Å². The van der Waals surface area contributed by atoms with Crippen LogP contribution in [0.4, 0.5) is 0 Å². The number of nitrogens with one attached hydrogen (secondary N) is 1. The van der Waals surface area contributed by atoms with Crippen molar-refractivity contribution >= 4 is 11.3 Å². The fourth-order valence-electron chi connectivity index (χ4n) is 2.43. The molecule has 0 radical (unpaired) electrons. The zero-order valence-electron chi connectivity index (χ0n) is 12.8. The van der Waals surface area contributed by atoms with E-state index in [2.05, 4.69) is 50.5 Å². The van der Waals surface area contributed by atoms with E-state index in [1.54, 1.807) is 0 Å². The minimum Gasteiger partial charge on any atom is -0.377 e. The number of thiophene rings is 1. The van der Waals surface area contributed by atoms with Crippen molar-refractivity contribution in [1.82, 2.24) is 5.32 Å². The van der Waals surface area contributed by atoms with Gasteiger partial charge in [0.1, 0.15) is 0 Å². The predicted molar refractivity (Wildman–Crippen MR) is 85.0 cm³/mol. The van der Waals surface area contributed by atoms with Gasteiger partial charge in [-0.2, -0.15) is 0 Å². The van der Waals surface area contributed by atoms with Crippen LogP contribution in [0.3, 0.4) is 0 Å². The molecule has 0 aliphatic rings. The van der Waals surface area contributed by atoms with Crippen LogP contribution in [0.25, 0.3) is 0 Å². The van der Waals surface area contributed by atoms with Crippen LogP contribution in [0.15, 0.2) is 17.5 Å². The third-order valence-corrected chi connectivity index (χ3v) is 4.29. The molecule has 0 saturated heterocycles. The van der Waals surface area contributed by atoms with Gasteiger partial charge in [0, 0.05) is 17.5 Å². The molecule has 110 valence electrons. The van der Waals surface area contributed by atoms with Crippen LogP contribution < -0.4 is 5.32 Å². The number of rotatable bonds is 10. The monoisotopic (exact) mass is 283 g/mol. The molecule has 0 aromatic carbocycles. The second kappa shape index (κ2) is 9.51. The summed E-state index contributed by atoms with van der Waals surface area (Å²) in [6.07, 6.45) is 3.79. The quantitative estimate of drug-likeness (QED) is 0.698. The highest BCUT2D eigenvalue weighted by Crippen LogP contribution is 2.18. The van der Waals surface area contributed by atoms with E-state index in [1.807, 2.05) is 11.3 Å². The first kappa shape index (κ1) is 16.7. The van der Waals surface area contributed by atoms with Gasteiger partial charge >= 0.3 is 0 Å². The molecule has 2 atom stereocenters. The lowest BCUT2D eigenvalue weighted by Crippen LogP contribution is -2.45. The van der Waals surface area contributed by atoms with E-state index in [0.717, 1.165) is 26.0 Å². The van der Waals surface area contributed by atoms with E-state index in [0.29, 0.717) is 18.1 Å². The maximum atomic E-state index is 5.97. The molecule has 0 aliphatic carbocycles. The second-order valence-electron chi connectivity index (χ2n) is 5.34. The Hall–Kier alpha value is -0.380. The normalized spacial score (nSPS) is 14.8. The molecule has 0 aliphatic heterocycles. The Balaban J connectivity index is 2.57. The van der Waals surface area contributed by atoms with E-state index in [4.69, 9.17) is 4.74 Å². The van der Waals surface area contributed by atoms with Gasteiger partial charge in [-0.15, -0.1) is 11.3 Å². The van der Waals surface area contributed by atoms with E-state index in [1.165, 1.54) is 11.3 Å². The zero-order valence-corrected chi connectivity index (χ0v) is 13.6. The van der Waals surface area contributed by atoms with Gasteiger partial charge in [0.2, 0.25) is 0 Å². The molecule has 2 nitrogen and oxygen atoms in total. The van der Waals surface area contributed by atoms with Crippen LogP contribution in [-0.4, -0.2) is 25.3 Å². The van der Waals surface area contributed by atoms with Crippen molar-refractivity contribution in [1.29, 1.82) is 0 Å². The van der Waals surface area contributed by atoms with E-state index in [9.17, 15) is 0 Å². The van der Waals surface area contributed by atoms with Crippen molar-refractivity contribution in [3.63, 3.8) is 0 Å². The van der Waals surface area contributed by atoms with Crippen LogP contribution in [0.2, 0.25) is 0 Å². The molecule has 1 aromatic rings. The topological polar surface area (TPSA) is 21.3 Å². The smallest absolute Gasteiger partial charge is 0.0750 e. The van der Waals surface area contributed by atoms with Gasteiger partial charge in [-0.1, -0.05) is 26.8 Å². The molecule has 1 N–H and O–H groups in total. The molecule has 1 heterocycles. The fourth-order valence-corrected chi connectivity index (χ4v) is 3.16. The second-order valence-corrected chi connectivity index (χ2v) is 6.37. The summed E-state index contributed by atoms with van der Waals surface area (Å²) in [5.41, 5.74) is 0. The van der Waals surface area contributed by atoms with Gasteiger partial charge in [-0.3, -0.25) is 0 Å². The Labute approximate surface area is 122 Å². The van der Waals surface area contributed by atoms with Crippen LogP contribution in [0.1, 0.15) is 45.4 Å². The number of ether oxygens (including phenoxy) is 1. The summed E-state index contributed by atoms with van der Waals surface area (Å²) in [6, 6.07) is 4.82. The molecule has 0 spiro atoms. The molecule has 1 rings (SSSR count). The minimum absolute atomic E-state index is 0.316. The molecule has 2 unspecified atom stereocenters. The summed E-state index contributed by atoms with van der Waals surface area (Å²) >= 11 is 1.85. The van der Waals surface area contributed by atoms with Gasteiger partial charge in [0.25, 0.3) is 0 Å². The van der Waals surface area contributed by atoms with Crippen molar-refractivity contribution in [3.8, 4) is 0 Å². The van der Waals surface area contributed by atoms with Crippen molar-refractivity contribution in [2.75, 3.05) is 13.2 Å². The first-order valence-corrected chi connectivity index (χ1v) is 8.44. The van der Waals surface area contributed by atoms with Gasteiger partial charge < -0.3 is 10.1 Å². The Kier molecular flexibility index (Phi) is 8.35. The molecular weight excluding hydrogens is 254 g/mol. The van der Waals surface area contributed by atoms with E-state index >= 15 is 0 Å². The molecule has 0 amide bonds. The average Bonchev–Trinajstić information content (AvgIpc) is 2.90. The van der Waals surface area contributed by atoms with Gasteiger partial charge in [0.15, 0.2) is 0 Å². The highest BCUT2D eigenvalue weighted by atomic mass is 32.1. The third kappa shape index (κ3) is 6.07. The van der Waals surface area contributed by atoms with Crippen molar-refractivity contribution in [2.24, 2.45) is 5.92 Å². The van der Waals surface area contributed by atoms with Gasteiger partial charge in [-0.05, 0) is 50.1 Å². The maximum Gasteiger partial charge on any atom is 0.0750 e. The third-order valence-electron chi connectivity index (χ3n) is 3.35. The average molecular weight is 283 g/mol. The summed E-state index contributed by atoms with van der Waals surface area (Å²) in [5, 5.41) is 5.84. The zero-order chi connectivity index (χ0) is 14.1. The predicted octanol–water partition coefficient (Wildman–Crippen LogP) is 4.11. The maximum absolute atomic E-state index is 5.97. The lowest BCUT2D eigenvalue weighted by atomic mass is 9.95. The lowest BCUT2D eigenvalue weighted by Gasteiger charge is -2.31. The summed E-state index contributed by atoms with van der Waals surface area (Å²) in [7, 11) is 0. The number of hydrogen-bond acceptors (Lipinski definition) is 3. The first-order chi connectivity index (χ1) is 9.19. The van der Waals surface area contributed by atoms with Crippen molar-refractivity contribution in [3.05, 3.63) is 22.4 Å². The van der Waals surface area contributed by atoms with Crippen LogP contribution >= 0.6 is 11.3 Å².